The first kappa shape index (κ1) is 24.7. The van der Waals surface area contributed by atoms with E-state index in [1.165, 1.54) is 4.90 Å². The van der Waals surface area contributed by atoms with Crippen molar-refractivity contribution in [1.29, 1.82) is 0 Å². The molecule has 3 amide bonds. The fourth-order valence-electron chi connectivity index (χ4n) is 3.46. The van der Waals surface area contributed by atoms with E-state index in [0.29, 0.717) is 25.8 Å². The highest BCUT2D eigenvalue weighted by molar-refractivity contribution is 7.98. The molecule has 3 atom stereocenters. The number of hydrogen-bond donors (Lipinski definition) is 4. The van der Waals surface area contributed by atoms with Gasteiger partial charge in [-0.2, -0.15) is 11.8 Å². The molecule has 10 heteroatoms. The number of carbonyl (C=O) groups excluding carboxylic acids is 3. The summed E-state index contributed by atoms with van der Waals surface area (Å²) < 4.78 is 0. The third-order valence-electron chi connectivity index (χ3n) is 5.13. The van der Waals surface area contributed by atoms with Gasteiger partial charge in [0, 0.05) is 13.0 Å². The molecule has 0 aliphatic carbocycles. The standard InChI is InChI=1S/C21H30N4O5S/c1-31-11-9-15(22)19(27)23-13-18(26)24-16(12-14-6-3-2-4-7-14)20(28)25-10-5-8-17(25)21(29)30/h2-4,6-7,15-17H,5,8-13,22H2,1H3,(H,23,27)(H,24,26)(H,29,30). The van der Waals surface area contributed by atoms with Gasteiger partial charge in [0.25, 0.3) is 0 Å². The SMILES string of the molecule is CSCCC(N)C(=O)NCC(=O)NC(Cc1ccccc1)C(=O)N1CCCC1C(=O)O. The van der Waals surface area contributed by atoms with Crippen molar-refractivity contribution in [2.75, 3.05) is 25.1 Å². The molecule has 0 saturated carbocycles. The maximum Gasteiger partial charge on any atom is 0.326 e. The van der Waals surface area contributed by atoms with Gasteiger partial charge in [-0.1, -0.05) is 30.3 Å². The molecule has 3 unspecified atom stereocenters. The first-order valence-corrected chi connectivity index (χ1v) is 11.6. The first-order chi connectivity index (χ1) is 14.8. The van der Waals surface area contributed by atoms with E-state index in [2.05, 4.69) is 10.6 Å². The molecule has 0 spiro atoms. The lowest BCUT2D eigenvalue weighted by Gasteiger charge is -2.27. The zero-order valence-corrected chi connectivity index (χ0v) is 18.4. The van der Waals surface area contributed by atoms with Gasteiger partial charge in [0.2, 0.25) is 17.7 Å². The van der Waals surface area contributed by atoms with E-state index in [1.807, 2.05) is 36.6 Å². The number of amides is 3. The predicted molar refractivity (Wildman–Crippen MR) is 118 cm³/mol. The first-order valence-electron chi connectivity index (χ1n) is 10.2. The normalized spacial score (nSPS) is 17.6. The van der Waals surface area contributed by atoms with Crippen LogP contribution in [0.3, 0.4) is 0 Å². The van der Waals surface area contributed by atoms with Crippen molar-refractivity contribution in [3.05, 3.63) is 35.9 Å². The van der Waals surface area contributed by atoms with Gasteiger partial charge in [-0.25, -0.2) is 4.79 Å². The van der Waals surface area contributed by atoms with Crippen LogP contribution in [-0.2, 0) is 25.6 Å². The molecule has 9 nitrogen and oxygen atoms in total. The number of nitrogens with one attached hydrogen (secondary N) is 2. The van der Waals surface area contributed by atoms with E-state index in [1.54, 1.807) is 11.8 Å². The van der Waals surface area contributed by atoms with Gasteiger partial charge < -0.3 is 26.4 Å². The average molecular weight is 451 g/mol. The van der Waals surface area contributed by atoms with Crippen molar-refractivity contribution in [3.63, 3.8) is 0 Å². The lowest BCUT2D eigenvalue weighted by molar-refractivity contribution is -0.149. The van der Waals surface area contributed by atoms with E-state index in [-0.39, 0.29) is 13.0 Å². The number of rotatable bonds is 11. The Morgan fingerprint density at radius 3 is 2.61 bits per heavy atom. The molecule has 1 aromatic carbocycles. The lowest BCUT2D eigenvalue weighted by Crippen LogP contribution is -2.54. The second kappa shape index (κ2) is 12.3. The van der Waals surface area contributed by atoms with Gasteiger partial charge in [0.15, 0.2) is 0 Å². The molecule has 0 radical (unpaired) electrons. The van der Waals surface area contributed by atoms with Crippen LogP contribution in [0.1, 0.15) is 24.8 Å². The van der Waals surface area contributed by atoms with Gasteiger partial charge >= 0.3 is 5.97 Å². The minimum Gasteiger partial charge on any atom is -0.480 e. The largest absolute Gasteiger partial charge is 0.480 e. The van der Waals surface area contributed by atoms with E-state index >= 15 is 0 Å². The molecule has 31 heavy (non-hydrogen) atoms. The minimum absolute atomic E-state index is 0.218. The molecule has 170 valence electrons. The number of carbonyl (C=O) groups is 4. The smallest absolute Gasteiger partial charge is 0.326 e. The molecule has 1 fully saturated rings. The molecule has 0 bridgehead atoms. The Bertz CT molecular complexity index is 776. The summed E-state index contributed by atoms with van der Waals surface area (Å²) in [5, 5.41) is 14.6. The summed E-state index contributed by atoms with van der Waals surface area (Å²) >= 11 is 1.58. The number of carboxylic acid groups (broad SMARTS) is 1. The second-order valence-corrected chi connectivity index (χ2v) is 8.43. The fourth-order valence-corrected chi connectivity index (χ4v) is 3.95. The highest BCUT2D eigenvalue weighted by Crippen LogP contribution is 2.19. The summed E-state index contributed by atoms with van der Waals surface area (Å²) in [6.07, 6.45) is 3.61. The van der Waals surface area contributed by atoms with E-state index in [0.717, 1.165) is 11.3 Å². The number of aliphatic carboxylic acids is 1. The van der Waals surface area contributed by atoms with Crippen LogP contribution in [0.5, 0.6) is 0 Å². The number of likely N-dealkylation sites (tertiary alicyclic amines) is 1. The maximum atomic E-state index is 13.1. The van der Waals surface area contributed by atoms with E-state index in [9.17, 15) is 24.3 Å². The summed E-state index contributed by atoms with van der Waals surface area (Å²) in [4.78, 5) is 50.4. The molecule has 0 aromatic heterocycles. The van der Waals surface area contributed by atoms with Crippen LogP contribution in [0, 0.1) is 0 Å². The van der Waals surface area contributed by atoms with Crippen molar-refractivity contribution in [3.8, 4) is 0 Å². The maximum absolute atomic E-state index is 13.1. The second-order valence-electron chi connectivity index (χ2n) is 7.44. The summed E-state index contributed by atoms with van der Waals surface area (Å²) in [6.45, 7) is 0.0186. The highest BCUT2D eigenvalue weighted by atomic mass is 32.2. The zero-order valence-electron chi connectivity index (χ0n) is 17.6. The quantitative estimate of drug-likeness (QED) is 0.371. The molecule has 5 N–H and O–H groups in total. The topological polar surface area (TPSA) is 142 Å². The number of nitrogens with zero attached hydrogens (tertiary/aromatic N) is 1. The number of hydrogen-bond acceptors (Lipinski definition) is 6. The van der Waals surface area contributed by atoms with Crippen molar-refractivity contribution in [2.45, 2.75) is 43.8 Å². The van der Waals surface area contributed by atoms with Crippen LogP contribution in [0.4, 0.5) is 0 Å². The van der Waals surface area contributed by atoms with Crippen LogP contribution in [0.25, 0.3) is 0 Å². The van der Waals surface area contributed by atoms with Crippen LogP contribution in [0.2, 0.25) is 0 Å². The number of nitrogens with two attached hydrogens (primary N) is 1. The number of thioether (sulfide) groups is 1. The number of carboxylic acids is 1. The molecule has 1 heterocycles. The Morgan fingerprint density at radius 2 is 1.97 bits per heavy atom. The van der Waals surface area contributed by atoms with Gasteiger partial charge in [0.1, 0.15) is 12.1 Å². The van der Waals surface area contributed by atoms with Crippen LogP contribution < -0.4 is 16.4 Å². The Labute approximate surface area is 186 Å². The number of benzene rings is 1. The van der Waals surface area contributed by atoms with Crippen molar-refractivity contribution >= 4 is 35.5 Å². The van der Waals surface area contributed by atoms with Crippen LogP contribution in [-0.4, -0.2) is 76.9 Å². The average Bonchev–Trinajstić information content (AvgIpc) is 3.26. The zero-order chi connectivity index (χ0) is 22.8. The van der Waals surface area contributed by atoms with Gasteiger partial charge in [-0.05, 0) is 36.8 Å². The molecule has 2 rings (SSSR count). The summed E-state index contributed by atoms with van der Waals surface area (Å²) in [5.74, 6) is -1.73. The minimum atomic E-state index is -1.05. The molecule has 1 aliphatic heterocycles. The van der Waals surface area contributed by atoms with Gasteiger partial charge in [-0.3, -0.25) is 14.4 Å². The Morgan fingerprint density at radius 1 is 1.26 bits per heavy atom. The van der Waals surface area contributed by atoms with Crippen molar-refractivity contribution in [2.24, 2.45) is 5.73 Å². The highest BCUT2D eigenvalue weighted by Gasteiger charge is 2.37. The molecular weight excluding hydrogens is 420 g/mol. The van der Waals surface area contributed by atoms with E-state index < -0.39 is 41.8 Å². The van der Waals surface area contributed by atoms with Crippen LogP contribution >= 0.6 is 11.8 Å². The lowest BCUT2D eigenvalue weighted by atomic mass is 10.0. The van der Waals surface area contributed by atoms with Crippen molar-refractivity contribution in [1.82, 2.24) is 15.5 Å². The molecule has 1 saturated heterocycles. The summed E-state index contributed by atoms with van der Waals surface area (Å²) in [7, 11) is 0. The van der Waals surface area contributed by atoms with Gasteiger partial charge in [0.05, 0.1) is 12.6 Å². The summed E-state index contributed by atoms with van der Waals surface area (Å²) in [6, 6.07) is 6.62. The third kappa shape index (κ3) is 7.55. The summed E-state index contributed by atoms with van der Waals surface area (Å²) in [5.41, 5.74) is 6.62. The molecule has 1 aliphatic rings. The Balaban J connectivity index is 2.03. The van der Waals surface area contributed by atoms with Crippen molar-refractivity contribution < 1.29 is 24.3 Å². The molecular formula is C21H30N4O5S. The fraction of sp³-hybridized carbons (Fsp3) is 0.524. The van der Waals surface area contributed by atoms with E-state index in [4.69, 9.17) is 5.73 Å². The monoisotopic (exact) mass is 450 g/mol. The Kier molecular flexibility index (Phi) is 9.80. The third-order valence-corrected chi connectivity index (χ3v) is 5.77. The van der Waals surface area contributed by atoms with Gasteiger partial charge in [-0.15, -0.1) is 0 Å². The molecule has 1 aromatic rings. The Hall–Kier alpha value is -2.59. The van der Waals surface area contributed by atoms with Crippen LogP contribution in [0.15, 0.2) is 30.3 Å². The predicted octanol–water partition coefficient (Wildman–Crippen LogP) is -0.0139.